The zero-order valence-corrected chi connectivity index (χ0v) is 18.2. The van der Waals surface area contributed by atoms with Gasteiger partial charge in [-0.25, -0.2) is 0 Å². The third-order valence-electron chi connectivity index (χ3n) is 5.26. The molecule has 0 radical (unpaired) electrons. The van der Waals surface area contributed by atoms with E-state index < -0.39 is 20.5 Å². The zero-order chi connectivity index (χ0) is 18.8. The van der Waals surface area contributed by atoms with Gasteiger partial charge in [-0.15, -0.1) is 0 Å². The summed E-state index contributed by atoms with van der Waals surface area (Å²) >= 11 is 1.53. The van der Waals surface area contributed by atoms with Crippen LogP contribution < -0.4 is 0 Å². The summed E-state index contributed by atoms with van der Waals surface area (Å²) in [6, 6.07) is 10.0. The SMILES string of the molecule is CO[C@@H]1[C@@H](O[Si](C)(C)C(C)(C)C)[C@H](O)[C@@H](Sc2ccccc2)O[C@H]1C. The van der Waals surface area contributed by atoms with Crippen LogP contribution in [-0.4, -0.2) is 50.4 Å². The summed E-state index contributed by atoms with van der Waals surface area (Å²) in [4.78, 5) is 1.07. The van der Waals surface area contributed by atoms with Gasteiger partial charge in [0.05, 0.1) is 6.10 Å². The van der Waals surface area contributed by atoms with Crippen molar-refractivity contribution in [3.8, 4) is 0 Å². The minimum Gasteiger partial charge on any atom is -0.408 e. The van der Waals surface area contributed by atoms with Gasteiger partial charge in [-0.3, -0.25) is 0 Å². The van der Waals surface area contributed by atoms with Crippen LogP contribution in [0.4, 0.5) is 0 Å². The van der Waals surface area contributed by atoms with Gasteiger partial charge >= 0.3 is 0 Å². The Morgan fingerprint density at radius 2 is 1.72 bits per heavy atom. The molecule has 25 heavy (non-hydrogen) atoms. The van der Waals surface area contributed by atoms with E-state index in [1.165, 1.54) is 11.8 Å². The van der Waals surface area contributed by atoms with Crippen molar-refractivity contribution in [3.63, 3.8) is 0 Å². The molecule has 4 nitrogen and oxygen atoms in total. The number of benzene rings is 1. The van der Waals surface area contributed by atoms with Gasteiger partial charge in [-0.2, -0.15) is 0 Å². The first-order valence-corrected chi connectivity index (χ1v) is 12.6. The number of hydrogen-bond donors (Lipinski definition) is 1. The fourth-order valence-corrected chi connectivity index (χ4v) is 5.11. The van der Waals surface area contributed by atoms with Crippen LogP contribution in [0.1, 0.15) is 27.7 Å². The molecule has 2 rings (SSSR count). The molecule has 1 aliphatic heterocycles. The van der Waals surface area contributed by atoms with Gasteiger partial charge < -0.3 is 19.0 Å². The van der Waals surface area contributed by atoms with Crippen LogP contribution in [-0.2, 0) is 13.9 Å². The lowest BCUT2D eigenvalue weighted by molar-refractivity contribution is -0.196. The molecule has 0 aliphatic carbocycles. The Hall–Kier alpha value is -0.373. The quantitative estimate of drug-likeness (QED) is 0.768. The van der Waals surface area contributed by atoms with Crippen molar-refractivity contribution < 1.29 is 19.0 Å². The Labute approximate surface area is 157 Å². The smallest absolute Gasteiger partial charge is 0.192 e. The van der Waals surface area contributed by atoms with Gasteiger partial charge in [0, 0.05) is 12.0 Å². The first-order chi connectivity index (χ1) is 11.6. The van der Waals surface area contributed by atoms with E-state index in [1.54, 1.807) is 7.11 Å². The molecule has 0 unspecified atom stereocenters. The molecule has 1 saturated heterocycles. The highest BCUT2D eigenvalue weighted by Gasteiger charge is 2.49. The first kappa shape index (κ1) is 20.9. The van der Waals surface area contributed by atoms with Crippen LogP contribution >= 0.6 is 11.8 Å². The highest BCUT2D eigenvalue weighted by Crippen LogP contribution is 2.41. The predicted octanol–water partition coefficient (Wildman–Crippen LogP) is 4.29. The third-order valence-corrected chi connectivity index (χ3v) is 10.9. The number of rotatable bonds is 5. The second kappa shape index (κ2) is 8.11. The normalized spacial score (nSPS) is 31.1. The summed E-state index contributed by atoms with van der Waals surface area (Å²) in [6.45, 7) is 13.0. The van der Waals surface area contributed by atoms with Crippen LogP contribution in [0.15, 0.2) is 35.2 Å². The van der Waals surface area contributed by atoms with E-state index in [2.05, 4.69) is 33.9 Å². The van der Waals surface area contributed by atoms with E-state index >= 15 is 0 Å². The lowest BCUT2D eigenvalue weighted by atomic mass is 10.0. The maximum Gasteiger partial charge on any atom is 0.192 e. The lowest BCUT2D eigenvalue weighted by Gasteiger charge is -2.48. The highest BCUT2D eigenvalue weighted by molar-refractivity contribution is 7.99. The van der Waals surface area contributed by atoms with Crippen LogP contribution in [0.25, 0.3) is 0 Å². The van der Waals surface area contributed by atoms with Crippen molar-refractivity contribution >= 4 is 20.1 Å². The van der Waals surface area contributed by atoms with E-state index in [9.17, 15) is 5.11 Å². The van der Waals surface area contributed by atoms with Gasteiger partial charge in [-0.1, -0.05) is 50.7 Å². The minimum atomic E-state index is -2.05. The number of ether oxygens (including phenoxy) is 2. The maximum atomic E-state index is 11.0. The minimum absolute atomic E-state index is 0.0641. The van der Waals surface area contributed by atoms with Crippen LogP contribution in [0.5, 0.6) is 0 Å². The molecule has 6 heteroatoms. The van der Waals surface area contributed by atoms with Crippen molar-refractivity contribution in [2.75, 3.05) is 7.11 Å². The predicted molar refractivity (Wildman–Crippen MR) is 106 cm³/mol. The topological polar surface area (TPSA) is 47.9 Å². The molecule has 0 aromatic heterocycles. The fourth-order valence-electron chi connectivity index (χ4n) is 2.70. The van der Waals surface area contributed by atoms with E-state index in [0.717, 1.165) is 4.90 Å². The lowest BCUT2D eigenvalue weighted by Crippen LogP contribution is -2.61. The molecular weight excluding hydrogens is 352 g/mol. The summed E-state index contributed by atoms with van der Waals surface area (Å²) in [5.41, 5.74) is -0.376. The molecule has 1 fully saturated rings. The van der Waals surface area contributed by atoms with E-state index in [0.29, 0.717) is 0 Å². The molecule has 1 aliphatic rings. The van der Waals surface area contributed by atoms with Gasteiger partial charge in [0.15, 0.2) is 8.32 Å². The van der Waals surface area contributed by atoms with Crippen LogP contribution in [0, 0.1) is 0 Å². The standard InChI is InChI=1S/C19H32O4SSi/c1-13-16(21-5)17(23-25(6,7)19(2,3)4)15(20)18(22-13)24-14-11-9-8-10-12-14/h8-13,15-18,20H,1-7H3/t13-,15-,16-,17-,18+/m0/s1. The molecule has 0 bridgehead atoms. The highest BCUT2D eigenvalue weighted by atomic mass is 32.2. The Morgan fingerprint density at radius 3 is 2.24 bits per heavy atom. The van der Waals surface area contributed by atoms with E-state index in [1.807, 2.05) is 37.3 Å². The number of aliphatic hydroxyl groups is 1. The Bertz CT molecular complexity index is 546. The van der Waals surface area contributed by atoms with Crippen molar-refractivity contribution in [1.82, 2.24) is 0 Å². The number of aliphatic hydroxyl groups excluding tert-OH is 1. The average molecular weight is 385 g/mol. The summed E-state index contributed by atoms with van der Waals surface area (Å²) in [5, 5.41) is 11.1. The molecule has 0 amide bonds. The molecule has 1 aromatic carbocycles. The second-order valence-corrected chi connectivity index (χ2v) is 14.1. The van der Waals surface area contributed by atoms with Crippen LogP contribution in [0.2, 0.25) is 18.1 Å². The molecular formula is C19H32O4SSi. The summed E-state index contributed by atoms with van der Waals surface area (Å²) in [6.07, 6.45) is -1.57. The number of hydrogen-bond acceptors (Lipinski definition) is 5. The molecule has 142 valence electrons. The Balaban J connectivity index is 2.22. The van der Waals surface area contributed by atoms with Crippen molar-refractivity contribution in [1.29, 1.82) is 0 Å². The van der Waals surface area contributed by atoms with Crippen molar-refractivity contribution in [3.05, 3.63) is 30.3 Å². The fraction of sp³-hybridized carbons (Fsp3) is 0.684. The molecule has 1 aromatic rings. The zero-order valence-electron chi connectivity index (χ0n) is 16.4. The van der Waals surface area contributed by atoms with Crippen LogP contribution in [0.3, 0.4) is 0 Å². The van der Waals surface area contributed by atoms with Gasteiger partial charge in [-0.05, 0) is 37.2 Å². The summed E-state index contributed by atoms with van der Waals surface area (Å²) < 4.78 is 18.3. The first-order valence-electron chi connectivity index (χ1n) is 8.82. The monoisotopic (exact) mass is 384 g/mol. The van der Waals surface area contributed by atoms with Gasteiger partial charge in [0.25, 0.3) is 0 Å². The van der Waals surface area contributed by atoms with Gasteiger partial charge in [0.2, 0.25) is 0 Å². The molecule has 0 saturated carbocycles. The summed E-state index contributed by atoms with van der Waals surface area (Å²) in [7, 11) is -0.392. The Morgan fingerprint density at radius 1 is 1.12 bits per heavy atom. The Kier molecular flexibility index (Phi) is 6.79. The van der Waals surface area contributed by atoms with E-state index in [4.69, 9.17) is 13.9 Å². The van der Waals surface area contributed by atoms with Crippen molar-refractivity contribution in [2.24, 2.45) is 0 Å². The molecule has 0 spiro atoms. The van der Waals surface area contributed by atoms with Crippen molar-refractivity contribution in [2.45, 2.75) is 80.6 Å². The largest absolute Gasteiger partial charge is 0.408 e. The molecule has 1 N–H and O–H groups in total. The number of thioether (sulfide) groups is 1. The average Bonchev–Trinajstić information content (AvgIpc) is 2.52. The van der Waals surface area contributed by atoms with Gasteiger partial charge in [0.1, 0.15) is 23.7 Å². The maximum absolute atomic E-state index is 11.0. The second-order valence-electron chi connectivity index (χ2n) is 8.17. The number of methoxy groups -OCH3 is 1. The molecule has 5 atom stereocenters. The summed E-state index contributed by atoms with van der Waals surface area (Å²) in [5.74, 6) is 0. The molecule has 1 heterocycles. The van der Waals surface area contributed by atoms with E-state index in [-0.39, 0.29) is 22.7 Å². The third kappa shape index (κ3) is 4.87.